The first kappa shape index (κ1) is 22.4. The molecule has 2 heterocycles. The monoisotopic (exact) mass is 468 g/mol. The van der Waals surface area contributed by atoms with E-state index in [-0.39, 0.29) is 12.2 Å². The van der Waals surface area contributed by atoms with Crippen LogP contribution < -0.4 is 0 Å². The van der Waals surface area contributed by atoms with Crippen molar-refractivity contribution in [1.82, 2.24) is 9.88 Å². The molecule has 1 atom stereocenters. The summed E-state index contributed by atoms with van der Waals surface area (Å²) in [4.78, 5) is 8.63. The third kappa shape index (κ3) is 5.20. The van der Waals surface area contributed by atoms with Gasteiger partial charge in [0, 0.05) is 30.3 Å². The van der Waals surface area contributed by atoms with E-state index in [1.807, 2.05) is 11.8 Å². The van der Waals surface area contributed by atoms with Crippen LogP contribution in [0.2, 0.25) is 0 Å². The van der Waals surface area contributed by atoms with E-state index in [2.05, 4.69) is 60.5 Å². The van der Waals surface area contributed by atoms with Crippen molar-refractivity contribution in [2.75, 3.05) is 32.5 Å². The zero-order valence-electron chi connectivity index (χ0n) is 18.7. The van der Waals surface area contributed by atoms with Gasteiger partial charge >= 0.3 is 0 Å². The number of aliphatic hydroxyl groups is 1. The highest BCUT2D eigenvalue weighted by molar-refractivity contribution is 7.99. The number of rotatable bonds is 9. The summed E-state index contributed by atoms with van der Waals surface area (Å²) in [5.74, 6) is 1.08. The molecule has 1 unspecified atom stereocenters. The second-order valence-electron chi connectivity index (χ2n) is 9.37. The second kappa shape index (κ2) is 9.82. The standard InChI is InChI=1S/C26H32N2O2S2/c1-28-14-9-20(10-15-28)30-24(25-27-22-7-2-3-8-23(22)32-25)19-5-4-6-21(17-19)31-18-26(11-12-26)13-16-29/h2-8,17,20,24,29H,9-16,18H2,1H3. The summed E-state index contributed by atoms with van der Waals surface area (Å²) in [6.07, 6.45) is 5.67. The Bertz CT molecular complexity index is 1010. The van der Waals surface area contributed by atoms with E-state index in [0.717, 1.165) is 48.6 Å². The van der Waals surface area contributed by atoms with Crippen LogP contribution >= 0.6 is 23.1 Å². The van der Waals surface area contributed by atoms with Crippen LogP contribution in [0.4, 0.5) is 0 Å². The van der Waals surface area contributed by atoms with Gasteiger partial charge in [-0.2, -0.15) is 0 Å². The zero-order chi connectivity index (χ0) is 22.0. The Kier molecular flexibility index (Phi) is 6.86. The summed E-state index contributed by atoms with van der Waals surface area (Å²) < 4.78 is 7.98. The smallest absolute Gasteiger partial charge is 0.134 e. The van der Waals surface area contributed by atoms with Crippen LogP contribution in [0, 0.1) is 5.41 Å². The lowest BCUT2D eigenvalue weighted by atomic mass is 10.1. The third-order valence-electron chi connectivity index (χ3n) is 6.83. The number of thioether (sulfide) groups is 1. The molecule has 2 aromatic carbocycles. The zero-order valence-corrected chi connectivity index (χ0v) is 20.3. The van der Waals surface area contributed by atoms with Crippen molar-refractivity contribution >= 4 is 33.3 Å². The first-order chi connectivity index (χ1) is 15.6. The number of hydrogen-bond donors (Lipinski definition) is 1. The van der Waals surface area contributed by atoms with Crippen molar-refractivity contribution < 1.29 is 9.84 Å². The molecule has 1 saturated heterocycles. The molecular weight excluding hydrogens is 436 g/mol. The SMILES string of the molecule is CN1CCC(OC(c2cccc(SCC3(CCO)CC3)c2)c2nc3ccccc3s2)CC1. The number of hydrogen-bond acceptors (Lipinski definition) is 6. The number of aliphatic hydroxyl groups excluding tert-OH is 1. The number of benzene rings is 2. The fourth-order valence-electron chi connectivity index (χ4n) is 4.48. The number of para-hydroxylation sites is 1. The molecule has 6 heteroatoms. The number of fused-ring (bicyclic) bond motifs is 1. The maximum atomic E-state index is 9.38. The average Bonchev–Trinajstić information content (AvgIpc) is 3.45. The van der Waals surface area contributed by atoms with Gasteiger partial charge in [0.1, 0.15) is 11.1 Å². The Morgan fingerprint density at radius 2 is 2.00 bits per heavy atom. The Balaban J connectivity index is 1.39. The number of aromatic nitrogens is 1. The van der Waals surface area contributed by atoms with E-state index in [0.29, 0.717) is 12.0 Å². The molecule has 0 bridgehead atoms. The van der Waals surface area contributed by atoms with E-state index in [1.165, 1.54) is 28.0 Å². The van der Waals surface area contributed by atoms with Crippen molar-refractivity contribution in [2.24, 2.45) is 5.41 Å². The van der Waals surface area contributed by atoms with Gasteiger partial charge in [0.25, 0.3) is 0 Å². The van der Waals surface area contributed by atoms with Crippen molar-refractivity contribution in [1.29, 1.82) is 0 Å². The minimum Gasteiger partial charge on any atom is -0.396 e. The van der Waals surface area contributed by atoms with Crippen molar-refractivity contribution in [3.8, 4) is 0 Å². The molecule has 1 aromatic heterocycles. The molecule has 170 valence electrons. The fourth-order valence-corrected chi connectivity index (χ4v) is 6.81. The predicted molar refractivity (Wildman–Crippen MR) is 134 cm³/mol. The fraction of sp³-hybridized carbons (Fsp3) is 0.500. The molecule has 1 aliphatic heterocycles. The topological polar surface area (TPSA) is 45.6 Å². The van der Waals surface area contributed by atoms with Crippen molar-refractivity contribution in [3.63, 3.8) is 0 Å². The van der Waals surface area contributed by atoms with Crippen LogP contribution in [0.25, 0.3) is 10.2 Å². The Labute approximate surface area is 199 Å². The maximum Gasteiger partial charge on any atom is 0.134 e. The molecule has 3 aromatic rings. The second-order valence-corrected chi connectivity index (χ2v) is 11.5. The van der Waals surface area contributed by atoms with E-state index >= 15 is 0 Å². The molecule has 1 aliphatic carbocycles. The molecular formula is C26H32N2O2S2. The van der Waals surface area contributed by atoms with Gasteiger partial charge in [-0.05, 0) is 74.4 Å². The van der Waals surface area contributed by atoms with Crippen LogP contribution in [-0.4, -0.2) is 53.6 Å². The highest BCUT2D eigenvalue weighted by atomic mass is 32.2. The van der Waals surface area contributed by atoms with E-state index in [1.54, 1.807) is 11.3 Å². The van der Waals surface area contributed by atoms with Crippen LogP contribution in [0.1, 0.15) is 48.8 Å². The van der Waals surface area contributed by atoms with Crippen LogP contribution in [0.3, 0.4) is 0 Å². The van der Waals surface area contributed by atoms with Crippen molar-refractivity contribution in [3.05, 3.63) is 59.1 Å². The Morgan fingerprint density at radius 1 is 1.19 bits per heavy atom. The van der Waals surface area contributed by atoms with Gasteiger partial charge < -0.3 is 14.7 Å². The first-order valence-corrected chi connectivity index (χ1v) is 13.5. The molecule has 1 N–H and O–H groups in total. The van der Waals surface area contributed by atoms with Gasteiger partial charge in [-0.3, -0.25) is 0 Å². The highest BCUT2D eigenvalue weighted by Crippen LogP contribution is 2.52. The van der Waals surface area contributed by atoms with Crippen LogP contribution in [0.15, 0.2) is 53.4 Å². The quantitative estimate of drug-likeness (QED) is 0.405. The van der Waals surface area contributed by atoms with Crippen molar-refractivity contribution in [2.45, 2.75) is 49.2 Å². The molecule has 2 fully saturated rings. The number of likely N-dealkylation sites (tertiary alicyclic amines) is 1. The molecule has 2 aliphatic rings. The summed E-state index contributed by atoms with van der Waals surface area (Å²) in [7, 11) is 2.19. The molecule has 0 spiro atoms. The van der Waals surface area contributed by atoms with Crippen LogP contribution in [0.5, 0.6) is 0 Å². The molecule has 1 saturated carbocycles. The Morgan fingerprint density at radius 3 is 2.75 bits per heavy atom. The summed E-state index contributed by atoms with van der Waals surface area (Å²) >= 11 is 3.67. The number of ether oxygens (including phenoxy) is 1. The van der Waals surface area contributed by atoms with E-state index in [4.69, 9.17) is 9.72 Å². The summed E-state index contributed by atoms with van der Waals surface area (Å²) in [6, 6.07) is 17.2. The van der Waals surface area contributed by atoms with E-state index in [9.17, 15) is 5.11 Å². The summed E-state index contributed by atoms with van der Waals surface area (Å²) in [5.41, 5.74) is 2.60. The maximum absolute atomic E-state index is 9.38. The number of piperidine rings is 1. The molecule has 5 rings (SSSR count). The van der Waals surface area contributed by atoms with Gasteiger partial charge in [0.05, 0.1) is 16.3 Å². The van der Waals surface area contributed by atoms with Gasteiger partial charge in [0.2, 0.25) is 0 Å². The lowest BCUT2D eigenvalue weighted by Crippen LogP contribution is -2.35. The first-order valence-electron chi connectivity index (χ1n) is 11.7. The van der Waals surface area contributed by atoms with Gasteiger partial charge in [-0.1, -0.05) is 24.3 Å². The van der Waals surface area contributed by atoms with Gasteiger partial charge in [-0.15, -0.1) is 23.1 Å². The third-order valence-corrected chi connectivity index (χ3v) is 9.26. The van der Waals surface area contributed by atoms with Gasteiger partial charge in [-0.25, -0.2) is 4.98 Å². The lowest BCUT2D eigenvalue weighted by molar-refractivity contribution is -0.0235. The summed E-state index contributed by atoms with van der Waals surface area (Å²) in [5, 5.41) is 10.4. The molecule has 0 amide bonds. The molecule has 32 heavy (non-hydrogen) atoms. The number of nitrogens with zero attached hydrogens (tertiary/aromatic N) is 2. The minimum absolute atomic E-state index is 0.131. The number of thiazole rings is 1. The van der Waals surface area contributed by atoms with E-state index < -0.39 is 0 Å². The average molecular weight is 469 g/mol. The largest absolute Gasteiger partial charge is 0.396 e. The molecule has 0 radical (unpaired) electrons. The summed E-state index contributed by atoms with van der Waals surface area (Å²) in [6.45, 7) is 2.46. The minimum atomic E-state index is -0.131. The van der Waals surface area contributed by atoms with Gasteiger partial charge in [0.15, 0.2) is 0 Å². The predicted octanol–water partition coefficient (Wildman–Crippen LogP) is 5.75. The lowest BCUT2D eigenvalue weighted by Gasteiger charge is -2.31. The Hall–Kier alpha value is -1.44. The normalized spacial score (nSPS) is 19.9. The highest BCUT2D eigenvalue weighted by Gasteiger charge is 2.41. The molecule has 4 nitrogen and oxygen atoms in total. The van der Waals surface area contributed by atoms with Crippen LogP contribution in [-0.2, 0) is 4.74 Å².